The third kappa shape index (κ3) is 5.86. The molecule has 0 unspecified atom stereocenters. The topological polar surface area (TPSA) is 118 Å². The number of anilines is 5. The number of hydrogen-bond donors (Lipinski definition) is 3. The van der Waals surface area contributed by atoms with Crippen LogP contribution in [0.1, 0.15) is 5.56 Å². The number of hydrogen-bond acceptors (Lipinski definition) is 8. The van der Waals surface area contributed by atoms with E-state index in [9.17, 15) is 9.59 Å². The van der Waals surface area contributed by atoms with E-state index < -0.39 is 0 Å². The predicted molar refractivity (Wildman–Crippen MR) is 114 cm³/mol. The number of ether oxygens (including phenoxy) is 1. The second kappa shape index (κ2) is 9.78. The van der Waals surface area contributed by atoms with E-state index in [1.807, 2.05) is 30.3 Å². The maximum absolute atomic E-state index is 11.5. The van der Waals surface area contributed by atoms with Crippen LogP contribution in [0.4, 0.5) is 29.0 Å². The van der Waals surface area contributed by atoms with Crippen molar-refractivity contribution in [3.63, 3.8) is 0 Å². The minimum absolute atomic E-state index is 0.175. The molecule has 0 saturated heterocycles. The lowest BCUT2D eigenvalue weighted by molar-refractivity contribution is -0.139. The molecule has 1 aromatic heterocycles. The van der Waals surface area contributed by atoms with Crippen LogP contribution in [0, 0.1) is 0 Å². The van der Waals surface area contributed by atoms with Crippen molar-refractivity contribution in [2.24, 2.45) is 0 Å². The lowest BCUT2D eigenvalue weighted by atomic mass is 10.1. The second-order valence-corrected chi connectivity index (χ2v) is 6.11. The number of nitrogens with one attached hydrogen (secondary N) is 3. The highest BCUT2D eigenvalue weighted by atomic mass is 16.5. The van der Waals surface area contributed by atoms with Gasteiger partial charge in [-0.1, -0.05) is 24.8 Å². The van der Waals surface area contributed by atoms with Crippen LogP contribution in [0.15, 0.2) is 67.5 Å². The molecule has 0 radical (unpaired) electrons. The Morgan fingerprint density at radius 2 is 1.63 bits per heavy atom. The Labute approximate surface area is 173 Å². The zero-order valence-corrected chi connectivity index (χ0v) is 16.3. The lowest BCUT2D eigenvalue weighted by Gasteiger charge is -2.10. The van der Waals surface area contributed by atoms with Crippen LogP contribution >= 0.6 is 0 Å². The van der Waals surface area contributed by atoms with Crippen LogP contribution in [0.25, 0.3) is 0 Å². The van der Waals surface area contributed by atoms with Gasteiger partial charge in [-0.15, -0.1) is 0 Å². The molecule has 0 aliphatic carbocycles. The first-order valence-corrected chi connectivity index (χ1v) is 8.98. The molecular weight excluding hydrogens is 384 g/mol. The van der Waals surface area contributed by atoms with Crippen LogP contribution in [0.3, 0.4) is 0 Å². The summed E-state index contributed by atoms with van der Waals surface area (Å²) in [6, 6.07) is 14.4. The first kappa shape index (κ1) is 20.5. The largest absolute Gasteiger partial charge is 0.469 e. The molecule has 0 spiro atoms. The van der Waals surface area contributed by atoms with E-state index in [1.165, 1.54) is 19.5 Å². The van der Waals surface area contributed by atoms with Crippen LogP contribution < -0.4 is 16.0 Å². The zero-order valence-electron chi connectivity index (χ0n) is 16.3. The maximum atomic E-state index is 11.5. The Morgan fingerprint density at radius 3 is 2.30 bits per heavy atom. The SMILES string of the molecule is C=CC(=O)Nc1cccc(Nc2ncnc(Nc3cccc(CC(=O)OC)c3)n2)c1. The summed E-state index contributed by atoms with van der Waals surface area (Å²) in [6.45, 7) is 3.43. The summed E-state index contributed by atoms with van der Waals surface area (Å²) in [5.41, 5.74) is 2.83. The molecule has 9 nitrogen and oxygen atoms in total. The fraction of sp³-hybridized carbons (Fsp3) is 0.0952. The summed E-state index contributed by atoms with van der Waals surface area (Å²) in [5.74, 6) is 0.0442. The molecule has 3 N–H and O–H groups in total. The molecule has 0 bridgehead atoms. The van der Waals surface area contributed by atoms with E-state index >= 15 is 0 Å². The molecule has 0 saturated carbocycles. The van der Waals surface area contributed by atoms with E-state index in [4.69, 9.17) is 4.74 Å². The molecular formula is C21H20N6O3. The van der Waals surface area contributed by atoms with Crippen LogP contribution in [0.5, 0.6) is 0 Å². The Morgan fingerprint density at radius 1 is 1.00 bits per heavy atom. The van der Waals surface area contributed by atoms with E-state index in [1.54, 1.807) is 18.2 Å². The van der Waals surface area contributed by atoms with Gasteiger partial charge in [-0.3, -0.25) is 9.59 Å². The standard InChI is InChI=1S/C21H20N6O3/c1-3-18(28)24-16-8-5-9-17(12-16)26-21-23-13-22-20(27-21)25-15-7-4-6-14(10-15)11-19(29)30-2/h3-10,12-13H,1,11H2,2H3,(H,24,28)(H2,22,23,25,26,27). The summed E-state index contributed by atoms with van der Waals surface area (Å²) in [6.07, 6.45) is 2.75. The van der Waals surface area contributed by atoms with Gasteiger partial charge >= 0.3 is 5.97 Å². The molecule has 0 atom stereocenters. The number of esters is 1. The third-order valence-corrected chi connectivity index (χ3v) is 3.90. The van der Waals surface area contributed by atoms with Crippen molar-refractivity contribution in [1.29, 1.82) is 0 Å². The molecule has 30 heavy (non-hydrogen) atoms. The zero-order chi connectivity index (χ0) is 21.3. The lowest BCUT2D eigenvalue weighted by Crippen LogP contribution is -2.07. The predicted octanol–water partition coefficient (Wildman–Crippen LogP) is 3.20. The maximum Gasteiger partial charge on any atom is 0.309 e. The van der Waals surface area contributed by atoms with Crippen molar-refractivity contribution in [3.05, 3.63) is 73.1 Å². The first-order valence-electron chi connectivity index (χ1n) is 8.98. The molecule has 3 rings (SSSR count). The molecule has 0 aliphatic rings. The number of nitrogens with zero attached hydrogens (tertiary/aromatic N) is 3. The van der Waals surface area contributed by atoms with Gasteiger partial charge in [0.05, 0.1) is 13.5 Å². The van der Waals surface area contributed by atoms with E-state index in [-0.39, 0.29) is 18.3 Å². The van der Waals surface area contributed by atoms with Gasteiger partial charge in [-0.2, -0.15) is 4.98 Å². The number of methoxy groups -OCH3 is 1. The molecule has 3 aromatic rings. The summed E-state index contributed by atoms with van der Waals surface area (Å²) in [7, 11) is 1.35. The van der Waals surface area contributed by atoms with Gasteiger partial charge < -0.3 is 20.7 Å². The highest BCUT2D eigenvalue weighted by molar-refractivity contribution is 5.99. The monoisotopic (exact) mass is 404 g/mol. The van der Waals surface area contributed by atoms with E-state index in [2.05, 4.69) is 37.5 Å². The number of benzene rings is 2. The van der Waals surface area contributed by atoms with Crippen LogP contribution in [-0.2, 0) is 20.7 Å². The molecule has 9 heteroatoms. The Bertz CT molecular complexity index is 1070. The molecule has 152 valence electrons. The van der Waals surface area contributed by atoms with Gasteiger partial charge in [0.1, 0.15) is 6.33 Å². The number of aromatic nitrogens is 3. The Kier molecular flexibility index (Phi) is 6.67. The fourth-order valence-corrected chi connectivity index (χ4v) is 2.54. The summed E-state index contributed by atoms with van der Waals surface area (Å²) in [5, 5.41) is 8.84. The van der Waals surface area contributed by atoms with Crippen LogP contribution in [-0.4, -0.2) is 33.9 Å². The van der Waals surface area contributed by atoms with Gasteiger partial charge in [0.25, 0.3) is 0 Å². The Balaban J connectivity index is 1.70. The number of rotatable bonds is 8. The van der Waals surface area contributed by atoms with Crippen molar-refractivity contribution >= 4 is 40.8 Å². The minimum Gasteiger partial charge on any atom is -0.469 e. The molecule has 0 fully saturated rings. The number of carbonyl (C=O) groups excluding carboxylic acids is 2. The number of carbonyl (C=O) groups is 2. The smallest absolute Gasteiger partial charge is 0.309 e. The first-order chi connectivity index (χ1) is 14.6. The van der Waals surface area contributed by atoms with Crippen LogP contribution in [0.2, 0.25) is 0 Å². The van der Waals surface area contributed by atoms with Crippen molar-refractivity contribution in [2.75, 3.05) is 23.1 Å². The highest BCUT2D eigenvalue weighted by Crippen LogP contribution is 2.20. The average Bonchev–Trinajstić information content (AvgIpc) is 2.74. The van der Waals surface area contributed by atoms with Gasteiger partial charge in [-0.25, -0.2) is 9.97 Å². The summed E-state index contributed by atoms with van der Waals surface area (Å²) < 4.78 is 4.69. The second-order valence-electron chi connectivity index (χ2n) is 6.11. The van der Waals surface area contributed by atoms with Crippen molar-refractivity contribution in [3.8, 4) is 0 Å². The highest BCUT2D eigenvalue weighted by Gasteiger charge is 2.06. The van der Waals surface area contributed by atoms with Crippen molar-refractivity contribution in [1.82, 2.24) is 15.0 Å². The van der Waals surface area contributed by atoms with Gasteiger partial charge in [-0.05, 0) is 42.0 Å². The Hall–Kier alpha value is -4.27. The minimum atomic E-state index is -0.315. The van der Waals surface area contributed by atoms with Crippen molar-refractivity contribution < 1.29 is 14.3 Å². The summed E-state index contributed by atoms with van der Waals surface area (Å²) >= 11 is 0. The van der Waals surface area contributed by atoms with Gasteiger partial charge in [0, 0.05) is 17.1 Å². The third-order valence-electron chi connectivity index (χ3n) is 3.90. The normalized spacial score (nSPS) is 10.0. The van der Waals surface area contributed by atoms with Crippen molar-refractivity contribution in [2.45, 2.75) is 6.42 Å². The molecule has 2 aromatic carbocycles. The molecule has 0 aliphatic heterocycles. The summed E-state index contributed by atoms with van der Waals surface area (Å²) in [4.78, 5) is 35.5. The quantitative estimate of drug-likeness (QED) is 0.387. The molecule has 1 amide bonds. The fourth-order valence-electron chi connectivity index (χ4n) is 2.54. The number of amides is 1. The van der Waals surface area contributed by atoms with E-state index in [0.717, 1.165) is 11.3 Å². The average molecular weight is 404 g/mol. The van der Waals surface area contributed by atoms with Gasteiger partial charge in [0.2, 0.25) is 17.8 Å². The molecule has 1 heterocycles. The van der Waals surface area contributed by atoms with E-state index in [0.29, 0.717) is 23.3 Å². The van der Waals surface area contributed by atoms with Gasteiger partial charge in [0.15, 0.2) is 0 Å².